The van der Waals surface area contributed by atoms with Crippen molar-refractivity contribution in [3.63, 3.8) is 0 Å². The standard InChI is InChI=1S/C18H22ClFN4O/c1-22-13-21-11-14(22)12-23-6-3-7-24(9-8-23)18(25)10-15-16(19)4-2-5-17(15)20/h2,4-5,11,13H,3,6-10,12H2,1H3. The molecule has 1 saturated heterocycles. The summed E-state index contributed by atoms with van der Waals surface area (Å²) in [5.74, 6) is -0.497. The van der Waals surface area contributed by atoms with Gasteiger partial charge in [-0.1, -0.05) is 17.7 Å². The van der Waals surface area contributed by atoms with Crippen LogP contribution < -0.4 is 0 Å². The molecule has 0 saturated carbocycles. The van der Waals surface area contributed by atoms with E-state index in [1.54, 1.807) is 18.5 Å². The first-order chi connectivity index (χ1) is 12.0. The Morgan fingerprint density at radius 3 is 2.84 bits per heavy atom. The predicted octanol–water partition coefficient (Wildman–Crippen LogP) is 2.49. The molecule has 2 aromatic rings. The van der Waals surface area contributed by atoms with E-state index in [0.717, 1.165) is 31.7 Å². The van der Waals surface area contributed by atoms with Gasteiger partial charge in [-0.05, 0) is 18.6 Å². The van der Waals surface area contributed by atoms with Crippen molar-refractivity contribution in [2.24, 2.45) is 7.05 Å². The maximum atomic E-state index is 13.9. The van der Waals surface area contributed by atoms with E-state index >= 15 is 0 Å². The van der Waals surface area contributed by atoms with Crippen molar-refractivity contribution in [2.45, 2.75) is 19.4 Å². The largest absolute Gasteiger partial charge is 0.341 e. The Labute approximate surface area is 152 Å². The van der Waals surface area contributed by atoms with Gasteiger partial charge in [0.1, 0.15) is 5.82 Å². The van der Waals surface area contributed by atoms with Gasteiger partial charge in [-0.2, -0.15) is 0 Å². The second-order valence-electron chi connectivity index (χ2n) is 6.38. The third kappa shape index (κ3) is 4.38. The lowest BCUT2D eigenvalue weighted by molar-refractivity contribution is -0.130. The molecule has 0 N–H and O–H groups in total. The lowest BCUT2D eigenvalue weighted by Gasteiger charge is -2.22. The molecule has 0 unspecified atom stereocenters. The van der Waals surface area contributed by atoms with Crippen LogP contribution in [-0.2, 0) is 24.8 Å². The van der Waals surface area contributed by atoms with E-state index in [1.165, 1.54) is 6.07 Å². The van der Waals surface area contributed by atoms with Gasteiger partial charge >= 0.3 is 0 Å². The number of carbonyl (C=O) groups is 1. The van der Waals surface area contributed by atoms with Crippen LogP contribution in [0.3, 0.4) is 0 Å². The van der Waals surface area contributed by atoms with Crippen LogP contribution in [0.2, 0.25) is 5.02 Å². The minimum Gasteiger partial charge on any atom is -0.341 e. The first kappa shape index (κ1) is 17.9. The Morgan fingerprint density at radius 1 is 1.28 bits per heavy atom. The predicted molar refractivity (Wildman–Crippen MR) is 94.8 cm³/mol. The van der Waals surface area contributed by atoms with Crippen LogP contribution >= 0.6 is 11.6 Å². The van der Waals surface area contributed by atoms with E-state index in [9.17, 15) is 9.18 Å². The van der Waals surface area contributed by atoms with Crippen LogP contribution in [0.4, 0.5) is 4.39 Å². The fraction of sp³-hybridized carbons (Fsp3) is 0.444. The van der Waals surface area contributed by atoms with Crippen molar-refractivity contribution in [1.29, 1.82) is 0 Å². The molecule has 1 amide bonds. The highest BCUT2D eigenvalue weighted by atomic mass is 35.5. The van der Waals surface area contributed by atoms with Gasteiger partial charge in [0.25, 0.3) is 0 Å². The van der Waals surface area contributed by atoms with Crippen molar-refractivity contribution < 1.29 is 9.18 Å². The number of hydrogen-bond acceptors (Lipinski definition) is 3. The van der Waals surface area contributed by atoms with Crippen molar-refractivity contribution >= 4 is 17.5 Å². The summed E-state index contributed by atoms with van der Waals surface area (Å²) in [6.07, 6.45) is 4.57. The molecule has 1 aromatic carbocycles. The number of imidazole rings is 1. The molecule has 0 atom stereocenters. The van der Waals surface area contributed by atoms with Crippen LogP contribution in [0.5, 0.6) is 0 Å². The van der Waals surface area contributed by atoms with E-state index in [0.29, 0.717) is 18.1 Å². The molecule has 0 radical (unpaired) electrons. The summed E-state index contributed by atoms with van der Waals surface area (Å²) in [6.45, 7) is 3.87. The second-order valence-corrected chi connectivity index (χ2v) is 6.79. The zero-order valence-corrected chi connectivity index (χ0v) is 15.0. The van der Waals surface area contributed by atoms with Crippen LogP contribution in [0.25, 0.3) is 0 Å². The molecule has 1 aliphatic heterocycles. The number of hydrogen-bond donors (Lipinski definition) is 0. The Morgan fingerprint density at radius 2 is 2.12 bits per heavy atom. The number of amides is 1. The van der Waals surface area contributed by atoms with Crippen LogP contribution in [-0.4, -0.2) is 51.4 Å². The van der Waals surface area contributed by atoms with Crippen LogP contribution in [0.1, 0.15) is 17.7 Å². The van der Waals surface area contributed by atoms with Crippen molar-refractivity contribution in [1.82, 2.24) is 19.4 Å². The molecule has 0 aliphatic carbocycles. The summed E-state index contributed by atoms with van der Waals surface area (Å²) in [5.41, 5.74) is 1.43. The average Bonchev–Trinajstić information content (AvgIpc) is 2.83. The number of aryl methyl sites for hydroxylation is 1. The van der Waals surface area contributed by atoms with Gasteiger partial charge in [-0.3, -0.25) is 9.69 Å². The Bertz CT molecular complexity index is 728. The van der Waals surface area contributed by atoms with E-state index in [-0.39, 0.29) is 17.9 Å². The van der Waals surface area contributed by atoms with E-state index in [1.807, 2.05) is 22.7 Å². The number of carbonyl (C=O) groups excluding carboxylic acids is 1. The first-order valence-electron chi connectivity index (χ1n) is 8.43. The summed E-state index contributed by atoms with van der Waals surface area (Å²) >= 11 is 6.04. The van der Waals surface area contributed by atoms with Gasteiger partial charge in [0.2, 0.25) is 5.91 Å². The topological polar surface area (TPSA) is 41.4 Å². The Hall–Kier alpha value is -1.92. The van der Waals surface area contributed by atoms with Crippen LogP contribution in [0, 0.1) is 5.82 Å². The van der Waals surface area contributed by atoms with Gasteiger partial charge in [0.15, 0.2) is 0 Å². The molecule has 0 bridgehead atoms. The van der Waals surface area contributed by atoms with E-state index < -0.39 is 5.82 Å². The molecule has 5 nitrogen and oxygen atoms in total. The molecule has 2 heterocycles. The molecule has 7 heteroatoms. The summed E-state index contributed by atoms with van der Waals surface area (Å²) < 4.78 is 15.9. The molecular formula is C18H22ClFN4O. The zero-order chi connectivity index (χ0) is 17.8. The minimum atomic E-state index is -0.423. The Balaban J connectivity index is 1.59. The number of nitrogens with zero attached hydrogens (tertiary/aromatic N) is 4. The smallest absolute Gasteiger partial charge is 0.227 e. The van der Waals surface area contributed by atoms with Gasteiger partial charge < -0.3 is 9.47 Å². The molecule has 1 aromatic heterocycles. The zero-order valence-electron chi connectivity index (χ0n) is 14.3. The van der Waals surface area contributed by atoms with Crippen molar-refractivity contribution in [2.75, 3.05) is 26.2 Å². The maximum absolute atomic E-state index is 13.9. The fourth-order valence-corrected chi connectivity index (χ4v) is 3.34. The second kappa shape index (κ2) is 7.97. The summed E-state index contributed by atoms with van der Waals surface area (Å²) in [5, 5.41) is 0.306. The highest BCUT2D eigenvalue weighted by molar-refractivity contribution is 6.31. The quantitative estimate of drug-likeness (QED) is 0.837. The van der Waals surface area contributed by atoms with Crippen LogP contribution in [0.15, 0.2) is 30.7 Å². The van der Waals surface area contributed by atoms with Crippen molar-refractivity contribution in [3.8, 4) is 0 Å². The third-order valence-electron chi connectivity index (χ3n) is 4.63. The van der Waals surface area contributed by atoms with E-state index in [4.69, 9.17) is 11.6 Å². The molecule has 1 aliphatic rings. The summed E-state index contributed by atoms with van der Waals surface area (Å²) in [6, 6.07) is 4.51. The molecule has 25 heavy (non-hydrogen) atoms. The maximum Gasteiger partial charge on any atom is 0.227 e. The SMILES string of the molecule is Cn1cncc1CN1CCCN(C(=O)Cc2c(F)cccc2Cl)CC1. The van der Waals surface area contributed by atoms with Gasteiger partial charge in [0, 0.05) is 56.6 Å². The van der Waals surface area contributed by atoms with Gasteiger partial charge in [-0.25, -0.2) is 9.37 Å². The van der Waals surface area contributed by atoms with Crippen molar-refractivity contribution in [3.05, 3.63) is 52.8 Å². The minimum absolute atomic E-state index is 0.00718. The lowest BCUT2D eigenvalue weighted by atomic mass is 10.1. The number of aromatic nitrogens is 2. The number of halogens is 2. The average molecular weight is 365 g/mol. The van der Waals surface area contributed by atoms with Gasteiger partial charge in [-0.15, -0.1) is 0 Å². The van der Waals surface area contributed by atoms with E-state index in [2.05, 4.69) is 9.88 Å². The molecular weight excluding hydrogens is 343 g/mol. The fourth-order valence-electron chi connectivity index (χ4n) is 3.11. The molecule has 134 valence electrons. The number of benzene rings is 1. The molecule has 0 spiro atoms. The number of rotatable bonds is 4. The summed E-state index contributed by atoms with van der Waals surface area (Å²) in [4.78, 5) is 20.8. The van der Waals surface area contributed by atoms with Gasteiger partial charge in [0.05, 0.1) is 18.4 Å². The normalized spacial score (nSPS) is 16.0. The highest BCUT2D eigenvalue weighted by Gasteiger charge is 2.21. The lowest BCUT2D eigenvalue weighted by Crippen LogP contribution is -2.36. The monoisotopic (exact) mass is 364 g/mol. The summed E-state index contributed by atoms with van der Waals surface area (Å²) in [7, 11) is 1.98. The molecule has 3 rings (SSSR count). The first-order valence-corrected chi connectivity index (χ1v) is 8.80. The third-order valence-corrected chi connectivity index (χ3v) is 4.99. The highest BCUT2D eigenvalue weighted by Crippen LogP contribution is 2.20. The molecule has 1 fully saturated rings. The Kier molecular flexibility index (Phi) is 5.71.